The van der Waals surface area contributed by atoms with E-state index in [0.717, 1.165) is 11.3 Å². The summed E-state index contributed by atoms with van der Waals surface area (Å²) in [7, 11) is 0. The van der Waals surface area contributed by atoms with Crippen molar-refractivity contribution < 1.29 is 14.3 Å². The lowest BCUT2D eigenvalue weighted by Crippen LogP contribution is -2.11. The van der Waals surface area contributed by atoms with E-state index in [0.29, 0.717) is 12.4 Å². The van der Waals surface area contributed by atoms with Crippen LogP contribution in [0.25, 0.3) is 6.08 Å². The minimum Gasteiger partial charge on any atom is -0.493 e. The van der Waals surface area contributed by atoms with Gasteiger partial charge in [0.2, 0.25) is 0 Å². The van der Waals surface area contributed by atoms with Crippen LogP contribution in [0.5, 0.6) is 11.5 Å². The normalized spacial score (nSPS) is 11.5. The molecule has 0 heterocycles. The number of ether oxygens (including phenoxy) is 2. The van der Waals surface area contributed by atoms with Gasteiger partial charge in [-0.05, 0) is 42.2 Å². The van der Waals surface area contributed by atoms with Crippen LogP contribution in [0.1, 0.15) is 38.8 Å². The van der Waals surface area contributed by atoms with Crippen molar-refractivity contribution in [1.29, 1.82) is 0 Å². The second-order valence-electron chi connectivity index (χ2n) is 6.50. The van der Waals surface area contributed by atoms with E-state index in [-0.39, 0.29) is 5.41 Å². The summed E-state index contributed by atoms with van der Waals surface area (Å²) in [6, 6.07) is 15.2. The van der Waals surface area contributed by atoms with Gasteiger partial charge < -0.3 is 9.47 Å². The van der Waals surface area contributed by atoms with Crippen LogP contribution in [0.2, 0.25) is 0 Å². The van der Waals surface area contributed by atoms with Gasteiger partial charge in [-0.2, -0.15) is 0 Å². The van der Waals surface area contributed by atoms with Crippen LogP contribution in [0.15, 0.2) is 54.6 Å². The topological polar surface area (TPSA) is 35.5 Å². The average molecular weight is 324 g/mol. The molecule has 2 rings (SSSR count). The zero-order valence-electron chi connectivity index (χ0n) is 14.7. The monoisotopic (exact) mass is 324 g/mol. The molecule has 0 fully saturated rings. The predicted octanol–water partition coefficient (Wildman–Crippen LogP) is 5.00. The van der Waals surface area contributed by atoms with Gasteiger partial charge in [0.15, 0.2) is 0 Å². The van der Waals surface area contributed by atoms with Crippen LogP contribution in [-0.2, 0) is 10.2 Å². The summed E-state index contributed by atoms with van der Waals surface area (Å²) in [5.41, 5.74) is 2.12. The van der Waals surface area contributed by atoms with Gasteiger partial charge in [-0.1, -0.05) is 51.1 Å². The van der Waals surface area contributed by atoms with Crippen LogP contribution < -0.4 is 9.47 Å². The van der Waals surface area contributed by atoms with Crippen molar-refractivity contribution in [1.82, 2.24) is 0 Å². The first kappa shape index (κ1) is 17.8. The Kier molecular flexibility index (Phi) is 5.80. The molecule has 0 aromatic heterocycles. The second-order valence-corrected chi connectivity index (χ2v) is 6.50. The van der Waals surface area contributed by atoms with Gasteiger partial charge in [-0.3, -0.25) is 0 Å². The lowest BCUT2D eigenvalue weighted by Gasteiger charge is -2.18. The molecule has 2 aromatic carbocycles. The molecule has 3 heteroatoms. The van der Waals surface area contributed by atoms with E-state index >= 15 is 0 Å². The third-order valence-corrected chi connectivity index (χ3v) is 3.56. The third-order valence-electron chi connectivity index (χ3n) is 3.56. The highest BCUT2D eigenvalue weighted by atomic mass is 16.5. The van der Waals surface area contributed by atoms with E-state index in [9.17, 15) is 4.79 Å². The maximum Gasteiger partial charge on any atom is 0.336 e. The van der Waals surface area contributed by atoms with Crippen LogP contribution in [0.4, 0.5) is 0 Å². The first-order chi connectivity index (χ1) is 11.4. The lowest BCUT2D eigenvalue weighted by molar-refractivity contribution is -0.128. The summed E-state index contributed by atoms with van der Waals surface area (Å²) in [5.74, 6) is 0.874. The van der Waals surface area contributed by atoms with Gasteiger partial charge in [0.05, 0.1) is 6.61 Å². The standard InChI is InChI=1S/C21H24O3/c1-5-23-19-9-7-6-8-16(19)10-15-20(22)24-18-13-11-17(12-14-18)21(2,3)4/h6-15H,5H2,1-4H3/b15-10+. The molecule has 24 heavy (non-hydrogen) atoms. The molecule has 3 nitrogen and oxygen atoms in total. The number of carbonyl (C=O) groups is 1. The number of benzene rings is 2. The van der Waals surface area contributed by atoms with Crippen molar-refractivity contribution in [3.63, 3.8) is 0 Å². The third kappa shape index (κ3) is 4.98. The average Bonchev–Trinajstić information content (AvgIpc) is 2.54. The van der Waals surface area contributed by atoms with Gasteiger partial charge in [-0.25, -0.2) is 4.79 Å². The van der Waals surface area contributed by atoms with Crippen molar-refractivity contribution in [3.8, 4) is 11.5 Å². The van der Waals surface area contributed by atoms with Crippen LogP contribution in [0, 0.1) is 0 Å². The Bertz CT molecular complexity index is 707. The Morgan fingerprint density at radius 2 is 1.71 bits per heavy atom. The molecule has 0 radical (unpaired) electrons. The fraction of sp³-hybridized carbons (Fsp3) is 0.286. The minimum atomic E-state index is -0.412. The molecule has 0 aliphatic carbocycles. The number of hydrogen-bond donors (Lipinski definition) is 0. The second kappa shape index (κ2) is 7.82. The molecular formula is C21H24O3. The Labute approximate surface area is 143 Å². The van der Waals surface area contributed by atoms with Gasteiger partial charge in [0.1, 0.15) is 11.5 Å². The highest BCUT2D eigenvalue weighted by Gasteiger charge is 2.13. The highest BCUT2D eigenvalue weighted by molar-refractivity contribution is 5.89. The predicted molar refractivity (Wildman–Crippen MR) is 97.4 cm³/mol. The number of para-hydroxylation sites is 1. The van der Waals surface area contributed by atoms with Gasteiger partial charge in [0.25, 0.3) is 0 Å². The molecule has 2 aromatic rings. The molecule has 0 aliphatic heterocycles. The zero-order chi connectivity index (χ0) is 17.6. The minimum absolute atomic E-state index is 0.0748. The van der Waals surface area contributed by atoms with E-state index in [1.165, 1.54) is 11.6 Å². The van der Waals surface area contributed by atoms with E-state index in [4.69, 9.17) is 9.47 Å². The highest BCUT2D eigenvalue weighted by Crippen LogP contribution is 2.24. The summed E-state index contributed by atoms with van der Waals surface area (Å²) in [5, 5.41) is 0. The van der Waals surface area contributed by atoms with E-state index < -0.39 is 5.97 Å². The van der Waals surface area contributed by atoms with Crippen LogP contribution in [0.3, 0.4) is 0 Å². The van der Waals surface area contributed by atoms with Crippen LogP contribution in [-0.4, -0.2) is 12.6 Å². The molecule has 126 valence electrons. The Morgan fingerprint density at radius 3 is 2.33 bits per heavy atom. The summed E-state index contributed by atoms with van der Waals surface area (Å²) < 4.78 is 10.9. The maximum atomic E-state index is 12.0. The maximum absolute atomic E-state index is 12.0. The first-order valence-electron chi connectivity index (χ1n) is 8.12. The summed E-state index contributed by atoms with van der Waals surface area (Å²) in [6.45, 7) is 8.94. The molecule has 0 saturated carbocycles. The zero-order valence-corrected chi connectivity index (χ0v) is 14.7. The van der Waals surface area contributed by atoms with Gasteiger partial charge >= 0.3 is 5.97 Å². The van der Waals surface area contributed by atoms with Gasteiger partial charge in [0, 0.05) is 11.6 Å². The molecule has 0 amide bonds. The van der Waals surface area contributed by atoms with E-state index in [2.05, 4.69) is 20.8 Å². The smallest absolute Gasteiger partial charge is 0.336 e. The molecule has 0 spiro atoms. The molecule has 0 unspecified atom stereocenters. The first-order valence-corrected chi connectivity index (χ1v) is 8.12. The fourth-order valence-electron chi connectivity index (χ4n) is 2.24. The molecule has 0 bridgehead atoms. The number of esters is 1. The summed E-state index contributed by atoms with van der Waals surface area (Å²) >= 11 is 0. The fourth-order valence-corrected chi connectivity index (χ4v) is 2.24. The van der Waals surface area contributed by atoms with Crippen molar-refractivity contribution in [2.24, 2.45) is 0 Å². The Morgan fingerprint density at radius 1 is 1.04 bits per heavy atom. The van der Waals surface area contributed by atoms with Crippen molar-refractivity contribution in [2.75, 3.05) is 6.61 Å². The quantitative estimate of drug-likeness (QED) is 0.441. The van der Waals surface area contributed by atoms with Gasteiger partial charge in [-0.15, -0.1) is 0 Å². The van der Waals surface area contributed by atoms with Crippen molar-refractivity contribution in [2.45, 2.75) is 33.1 Å². The van der Waals surface area contributed by atoms with Crippen molar-refractivity contribution >= 4 is 12.0 Å². The number of carbonyl (C=O) groups excluding carboxylic acids is 1. The number of hydrogen-bond acceptors (Lipinski definition) is 3. The molecular weight excluding hydrogens is 300 g/mol. The lowest BCUT2D eigenvalue weighted by atomic mass is 9.87. The largest absolute Gasteiger partial charge is 0.493 e. The van der Waals surface area contributed by atoms with E-state index in [1.807, 2.05) is 55.5 Å². The summed E-state index contributed by atoms with van der Waals surface area (Å²) in [4.78, 5) is 12.0. The molecule has 0 atom stereocenters. The molecule has 0 N–H and O–H groups in total. The molecule has 0 aliphatic rings. The Hall–Kier alpha value is -2.55. The molecule has 0 saturated heterocycles. The SMILES string of the molecule is CCOc1ccccc1/C=C/C(=O)Oc1ccc(C(C)(C)C)cc1. The number of rotatable bonds is 5. The van der Waals surface area contributed by atoms with Crippen LogP contribution >= 0.6 is 0 Å². The van der Waals surface area contributed by atoms with E-state index in [1.54, 1.807) is 6.08 Å². The van der Waals surface area contributed by atoms with Crippen molar-refractivity contribution in [3.05, 3.63) is 65.7 Å². The Balaban J connectivity index is 2.03. The summed E-state index contributed by atoms with van der Waals surface area (Å²) in [6.07, 6.45) is 3.12.